The molecule has 0 bridgehead atoms. The van der Waals surface area contributed by atoms with Gasteiger partial charge in [-0.2, -0.15) is 0 Å². The summed E-state index contributed by atoms with van der Waals surface area (Å²) in [6.07, 6.45) is 0.357. The Bertz CT molecular complexity index is 38.5. The molecule has 0 unspecified atom stereocenters. The van der Waals surface area contributed by atoms with Gasteiger partial charge in [-0.05, 0) is 0 Å². The second kappa shape index (κ2) is 2.01. The maximum Gasteiger partial charge on any atom is 0.214 e. The second-order valence-electron chi connectivity index (χ2n) is 1.02. The van der Waals surface area contributed by atoms with Crippen LogP contribution in [0.15, 0.2) is 0 Å². The third-order valence-corrected chi connectivity index (χ3v) is 0.960. The molecule has 0 atom stereocenters. The first-order chi connectivity index (χ1) is 2.56. The van der Waals surface area contributed by atoms with Crippen molar-refractivity contribution in [3.8, 4) is 0 Å². The fraction of sp³-hybridized carbons (Fsp3) is 1.00. The molecule has 0 aliphatic heterocycles. The lowest BCUT2D eigenvalue weighted by Gasteiger charge is -2.04. The van der Waals surface area contributed by atoms with Crippen LogP contribution in [0.3, 0.4) is 0 Å². The lowest BCUT2D eigenvalue weighted by molar-refractivity contribution is 0.210. The minimum Gasteiger partial charge on any atom is -0.363 e. The number of rotatable bonds is 1. The lowest BCUT2D eigenvalue weighted by Crippen LogP contribution is -2.06. The molecule has 0 radical (unpaired) electrons. The van der Waals surface area contributed by atoms with E-state index in [4.69, 9.17) is 28.3 Å². The molecule has 0 spiro atoms. The quantitative estimate of drug-likeness (QED) is 0.532. The van der Waals surface area contributed by atoms with Crippen molar-refractivity contribution in [2.24, 2.45) is 0 Å². The Labute approximate surface area is 46.9 Å². The van der Waals surface area contributed by atoms with Crippen LogP contribution >= 0.6 is 23.2 Å². The van der Waals surface area contributed by atoms with Gasteiger partial charge < -0.3 is 5.11 Å². The molecule has 1 N–H and O–H groups in total. The number of aliphatic hydroxyl groups is 1. The fourth-order valence-corrected chi connectivity index (χ4v) is 0. The number of halogens is 2. The van der Waals surface area contributed by atoms with Crippen molar-refractivity contribution in [2.75, 3.05) is 0 Å². The summed E-state index contributed by atoms with van der Waals surface area (Å²) >= 11 is 10.1. The van der Waals surface area contributed by atoms with Crippen LogP contribution in [-0.2, 0) is 0 Å². The molecule has 0 rings (SSSR count). The van der Waals surface area contributed by atoms with Crippen LogP contribution in [0.5, 0.6) is 0 Å². The van der Waals surface area contributed by atoms with Crippen molar-refractivity contribution < 1.29 is 5.11 Å². The summed E-state index contributed by atoms with van der Waals surface area (Å²) in [6.45, 7) is 1.69. The lowest BCUT2D eigenvalue weighted by atomic mass is 10.5. The van der Waals surface area contributed by atoms with Crippen LogP contribution in [0, 0.1) is 0 Å². The molecule has 1 nitrogen and oxygen atoms in total. The highest BCUT2D eigenvalue weighted by Crippen LogP contribution is 2.19. The molecule has 0 aromatic rings. The van der Waals surface area contributed by atoms with Gasteiger partial charge in [0.25, 0.3) is 0 Å². The molecule has 6 heavy (non-hydrogen) atoms. The van der Waals surface area contributed by atoms with Gasteiger partial charge in [-0.15, -0.1) is 0 Å². The highest BCUT2D eigenvalue weighted by molar-refractivity contribution is 6.46. The highest BCUT2D eigenvalue weighted by Gasteiger charge is 2.13. The van der Waals surface area contributed by atoms with Gasteiger partial charge in [-0.25, -0.2) is 0 Å². The average Bonchev–Trinajstić information content (AvgIpc) is 1.35. The topological polar surface area (TPSA) is 20.2 Å². The monoisotopic (exact) mass is 128 g/mol. The Morgan fingerprint density at radius 2 is 1.83 bits per heavy atom. The Hall–Kier alpha value is 0.540. The van der Waals surface area contributed by atoms with Crippen molar-refractivity contribution in [3.63, 3.8) is 0 Å². The molecule has 0 amide bonds. The minimum absolute atomic E-state index is 0.357. The largest absolute Gasteiger partial charge is 0.363 e. The summed E-state index contributed by atoms with van der Waals surface area (Å²) in [5.74, 6) is 0. The Morgan fingerprint density at radius 3 is 1.83 bits per heavy atom. The molecule has 0 aromatic heterocycles. The van der Waals surface area contributed by atoms with Gasteiger partial charge in [0.2, 0.25) is 4.52 Å². The van der Waals surface area contributed by atoms with Crippen LogP contribution in [0.25, 0.3) is 0 Å². The van der Waals surface area contributed by atoms with Crippen molar-refractivity contribution in [3.05, 3.63) is 0 Å². The molecular formula is C3H6Cl2O. The van der Waals surface area contributed by atoms with Gasteiger partial charge in [-0.3, -0.25) is 0 Å². The third kappa shape index (κ3) is 4.54. The van der Waals surface area contributed by atoms with E-state index in [1.54, 1.807) is 6.92 Å². The number of hydrogen-bond acceptors (Lipinski definition) is 1. The first kappa shape index (κ1) is 6.54. The maximum atomic E-state index is 8.36. The zero-order valence-electron chi connectivity index (χ0n) is 3.41. The smallest absolute Gasteiger partial charge is 0.214 e. The molecule has 0 saturated carbocycles. The van der Waals surface area contributed by atoms with E-state index in [9.17, 15) is 0 Å². The van der Waals surface area contributed by atoms with Crippen molar-refractivity contribution in [1.29, 1.82) is 0 Å². The summed E-state index contributed by atoms with van der Waals surface area (Å²) in [4.78, 5) is 0. The molecule has 0 aliphatic carbocycles. The molecule has 0 aliphatic rings. The second-order valence-corrected chi connectivity index (χ2v) is 2.46. The average molecular weight is 129 g/mol. The van der Waals surface area contributed by atoms with Crippen molar-refractivity contribution in [2.45, 2.75) is 17.9 Å². The predicted octanol–water partition coefficient (Wildman–Crippen LogP) is 1.52. The van der Waals surface area contributed by atoms with E-state index >= 15 is 0 Å². The van der Waals surface area contributed by atoms with Gasteiger partial charge in [0.1, 0.15) is 0 Å². The Balaban J connectivity index is 3.17. The SMILES string of the molecule is CCC(O)(Cl)Cl. The molecular weight excluding hydrogens is 123 g/mol. The van der Waals surface area contributed by atoms with E-state index in [0.29, 0.717) is 6.42 Å². The zero-order chi connectivity index (χ0) is 5.21. The van der Waals surface area contributed by atoms with Gasteiger partial charge in [0.15, 0.2) is 0 Å². The summed E-state index contributed by atoms with van der Waals surface area (Å²) in [6, 6.07) is 0. The van der Waals surface area contributed by atoms with Crippen LogP contribution in [-0.4, -0.2) is 9.63 Å². The summed E-state index contributed by atoms with van der Waals surface area (Å²) < 4.78 is -1.51. The van der Waals surface area contributed by atoms with Crippen molar-refractivity contribution in [1.82, 2.24) is 0 Å². The van der Waals surface area contributed by atoms with E-state index in [1.165, 1.54) is 0 Å². The molecule has 0 heterocycles. The normalized spacial score (nSPS) is 12.0. The molecule has 0 saturated heterocycles. The van der Waals surface area contributed by atoms with E-state index in [0.717, 1.165) is 0 Å². The number of hydrogen-bond donors (Lipinski definition) is 1. The first-order valence-corrected chi connectivity index (χ1v) is 2.42. The van der Waals surface area contributed by atoms with E-state index in [2.05, 4.69) is 0 Å². The predicted molar refractivity (Wildman–Crippen MR) is 26.9 cm³/mol. The highest BCUT2D eigenvalue weighted by atomic mass is 35.5. The maximum absolute atomic E-state index is 8.36. The van der Waals surface area contributed by atoms with Gasteiger partial charge in [-0.1, -0.05) is 30.1 Å². The van der Waals surface area contributed by atoms with Crippen LogP contribution < -0.4 is 0 Å². The Morgan fingerprint density at radius 1 is 1.67 bits per heavy atom. The van der Waals surface area contributed by atoms with Crippen LogP contribution in [0.4, 0.5) is 0 Å². The molecule has 38 valence electrons. The van der Waals surface area contributed by atoms with Crippen molar-refractivity contribution >= 4 is 23.2 Å². The summed E-state index contributed by atoms with van der Waals surface area (Å²) in [5, 5.41) is 8.36. The molecule has 0 aromatic carbocycles. The summed E-state index contributed by atoms with van der Waals surface area (Å²) in [5.41, 5.74) is 0. The molecule has 0 fully saturated rings. The van der Waals surface area contributed by atoms with E-state index in [1.807, 2.05) is 0 Å². The third-order valence-electron chi connectivity index (χ3n) is 0.425. The molecule has 3 heteroatoms. The fourth-order valence-electron chi connectivity index (χ4n) is 0. The number of alkyl halides is 2. The van der Waals surface area contributed by atoms with E-state index in [-0.39, 0.29) is 0 Å². The van der Waals surface area contributed by atoms with Gasteiger partial charge >= 0.3 is 0 Å². The Kier molecular flexibility index (Phi) is 2.19. The minimum atomic E-state index is -1.51. The van der Waals surface area contributed by atoms with Crippen LogP contribution in [0.2, 0.25) is 0 Å². The zero-order valence-corrected chi connectivity index (χ0v) is 4.92. The van der Waals surface area contributed by atoms with Crippen LogP contribution in [0.1, 0.15) is 13.3 Å². The summed E-state index contributed by atoms with van der Waals surface area (Å²) in [7, 11) is 0. The standard InChI is InChI=1S/C3H6Cl2O/c1-2-3(4,5)6/h6H,2H2,1H3. The van der Waals surface area contributed by atoms with Gasteiger partial charge in [0, 0.05) is 6.42 Å². The van der Waals surface area contributed by atoms with Gasteiger partial charge in [0.05, 0.1) is 0 Å². The first-order valence-electron chi connectivity index (χ1n) is 1.66. The van der Waals surface area contributed by atoms with E-state index < -0.39 is 4.52 Å².